The molecule has 0 aliphatic carbocycles. The van der Waals surface area contributed by atoms with Crippen LogP contribution < -0.4 is 5.73 Å². The summed E-state index contributed by atoms with van der Waals surface area (Å²) in [6, 6.07) is 6.05. The maximum absolute atomic E-state index is 13.4. The Morgan fingerprint density at radius 1 is 1.55 bits per heavy atom. The van der Waals surface area contributed by atoms with Crippen LogP contribution in [0.5, 0.6) is 0 Å². The van der Waals surface area contributed by atoms with Gasteiger partial charge < -0.3 is 10.6 Å². The Kier molecular flexibility index (Phi) is 4.76. The summed E-state index contributed by atoms with van der Waals surface area (Å²) in [5.74, 6) is 0.0619. The number of rotatable bonds is 4. The van der Waals surface area contributed by atoms with E-state index < -0.39 is 6.04 Å². The maximum atomic E-state index is 13.4. The number of hydrogen-bond acceptors (Lipinski definition) is 2. The first-order valence-corrected chi connectivity index (χ1v) is 7.36. The molecule has 1 fully saturated rings. The molecule has 2 N–H and O–H groups in total. The van der Waals surface area contributed by atoms with E-state index in [2.05, 4.69) is 6.92 Å². The van der Waals surface area contributed by atoms with Gasteiger partial charge in [0.05, 0.1) is 12.1 Å². The van der Waals surface area contributed by atoms with Gasteiger partial charge in [0.25, 0.3) is 0 Å². The van der Waals surface area contributed by atoms with Gasteiger partial charge in [0, 0.05) is 6.54 Å². The molecule has 3 nitrogen and oxygen atoms in total. The third kappa shape index (κ3) is 3.01. The number of hydrogen-bond donors (Lipinski definition) is 1. The zero-order valence-corrected chi connectivity index (χ0v) is 12.2. The summed E-state index contributed by atoms with van der Waals surface area (Å²) < 4.78 is 13.4. The van der Waals surface area contributed by atoms with Gasteiger partial charge in [0.2, 0.25) is 5.91 Å². The number of halogens is 1. The van der Waals surface area contributed by atoms with Crippen LogP contribution in [-0.4, -0.2) is 23.4 Å². The average Bonchev–Trinajstić information content (AvgIpc) is 2.80. The van der Waals surface area contributed by atoms with Crippen LogP contribution in [-0.2, 0) is 4.79 Å². The number of benzene rings is 1. The second-order valence-electron chi connectivity index (χ2n) is 5.69. The van der Waals surface area contributed by atoms with Gasteiger partial charge in [-0.15, -0.1) is 0 Å². The highest BCUT2D eigenvalue weighted by atomic mass is 19.1. The predicted octanol–water partition coefficient (Wildman–Crippen LogP) is 2.86. The van der Waals surface area contributed by atoms with Crippen LogP contribution in [0.4, 0.5) is 4.39 Å². The van der Waals surface area contributed by atoms with Gasteiger partial charge in [0.1, 0.15) is 5.82 Å². The summed E-state index contributed by atoms with van der Waals surface area (Å²) in [6.07, 6.45) is 2.52. The van der Waals surface area contributed by atoms with Gasteiger partial charge in [-0.1, -0.05) is 32.4 Å². The SMILES string of the molecule is CCCC(N)C(=O)N1CCC(C)C1c1cccc(F)c1. The lowest BCUT2D eigenvalue weighted by Crippen LogP contribution is -2.43. The van der Waals surface area contributed by atoms with Crippen LogP contribution in [0.25, 0.3) is 0 Å². The Labute approximate surface area is 120 Å². The van der Waals surface area contributed by atoms with Gasteiger partial charge in [-0.2, -0.15) is 0 Å². The minimum absolute atomic E-state index is 0.00883. The van der Waals surface area contributed by atoms with Crippen LogP contribution in [0.3, 0.4) is 0 Å². The minimum atomic E-state index is -0.443. The fourth-order valence-corrected chi connectivity index (χ4v) is 3.04. The number of nitrogens with two attached hydrogens (primary N) is 1. The van der Waals surface area contributed by atoms with Crippen molar-refractivity contribution >= 4 is 5.91 Å². The Bertz CT molecular complexity index is 477. The van der Waals surface area contributed by atoms with Crippen molar-refractivity contribution in [3.8, 4) is 0 Å². The zero-order chi connectivity index (χ0) is 14.7. The van der Waals surface area contributed by atoms with Crippen LogP contribution in [0.1, 0.15) is 44.7 Å². The molecule has 1 aromatic rings. The predicted molar refractivity (Wildman–Crippen MR) is 77.5 cm³/mol. The summed E-state index contributed by atoms with van der Waals surface area (Å²) in [6.45, 7) is 4.83. The van der Waals surface area contributed by atoms with Crippen LogP contribution in [0.15, 0.2) is 24.3 Å². The molecule has 3 unspecified atom stereocenters. The van der Waals surface area contributed by atoms with E-state index in [0.717, 1.165) is 18.4 Å². The Hall–Kier alpha value is -1.42. The zero-order valence-electron chi connectivity index (χ0n) is 12.2. The van der Waals surface area contributed by atoms with Crippen molar-refractivity contribution in [3.05, 3.63) is 35.6 Å². The number of amides is 1. The van der Waals surface area contributed by atoms with Crippen LogP contribution >= 0.6 is 0 Å². The summed E-state index contributed by atoms with van der Waals surface area (Å²) in [7, 11) is 0. The van der Waals surface area contributed by atoms with Gasteiger partial charge in [-0.25, -0.2) is 4.39 Å². The summed E-state index contributed by atoms with van der Waals surface area (Å²) in [5.41, 5.74) is 6.83. The lowest BCUT2D eigenvalue weighted by Gasteiger charge is -2.29. The molecule has 4 heteroatoms. The smallest absolute Gasteiger partial charge is 0.240 e. The van der Waals surface area contributed by atoms with Gasteiger partial charge >= 0.3 is 0 Å². The maximum Gasteiger partial charge on any atom is 0.240 e. The molecule has 3 atom stereocenters. The normalized spacial score (nSPS) is 23.9. The highest BCUT2D eigenvalue weighted by Gasteiger charge is 2.37. The van der Waals surface area contributed by atoms with E-state index in [9.17, 15) is 9.18 Å². The fourth-order valence-electron chi connectivity index (χ4n) is 3.04. The molecule has 1 saturated heterocycles. The topological polar surface area (TPSA) is 46.3 Å². The second kappa shape index (κ2) is 6.35. The van der Waals surface area contributed by atoms with E-state index in [1.807, 2.05) is 17.9 Å². The molecule has 1 aliphatic heterocycles. The van der Waals surface area contributed by atoms with Crippen molar-refractivity contribution in [2.24, 2.45) is 11.7 Å². The Morgan fingerprint density at radius 2 is 2.30 bits per heavy atom. The van der Waals surface area contributed by atoms with Crippen molar-refractivity contribution in [1.82, 2.24) is 4.90 Å². The number of carbonyl (C=O) groups excluding carboxylic acids is 1. The number of carbonyl (C=O) groups is 1. The number of likely N-dealkylation sites (tertiary alicyclic amines) is 1. The molecule has 0 saturated carbocycles. The average molecular weight is 278 g/mol. The van der Waals surface area contributed by atoms with Crippen LogP contribution in [0.2, 0.25) is 0 Å². The molecule has 1 amide bonds. The van der Waals surface area contributed by atoms with Gasteiger partial charge in [-0.05, 0) is 36.5 Å². The van der Waals surface area contributed by atoms with Crippen molar-refractivity contribution in [2.75, 3.05) is 6.54 Å². The number of nitrogens with zero attached hydrogens (tertiary/aromatic N) is 1. The summed E-state index contributed by atoms with van der Waals surface area (Å²) >= 11 is 0. The van der Waals surface area contributed by atoms with Crippen LogP contribution in [0, 0.1) is 11.7 Å². The standard InChI is InChI=1S/C16H23FN2O/c1-3-5-14(18)16(20)19-9-8-11(2)15(19)12-6-4-7-13(17)10-12/h4,6-7,10-11,14-15H,3,5,8-9,18H2,1-2H3. The van der Waals surface area contributed by atoms with E-state index in [1.165, 1.54) is 12.1 Å². The highest BCUT2D eigenvalue weighted by Crippen LogP contribution is 2.37. The van der Waals surface area contributed by atoms with Crippen molar-refractivity contribution in [1.29, 1.82) is 0 Å². The minimum Gasteiger partial charge on any atom is -0.334 e. The molecular formula is C16H23FN2O. The van der Waals surface area contributed by atoms with Crippen molar-refractivity contribution in [3.63, 3.8) is 0 Å². The van der Waals surface area contributed by atoms with E-state index in [1.54, 1.807) is 6.07 Å². The van der Waals surface area contributed by atoms with Crippen molar-refractivity contribution < 1.29 is 9.18 Å². The molecule has 0 spiro atoms. The third-order valence-corrected chi connectivity index (χ3v) is 4.09. The summed E-state index contributed by atoms with van der Waals surface area (Å²) in [5, 5.41) is 0. The summed E-state index contributed by atoms with van der Waals surface area (Å²) in [4.78, 5) is 14.3. The molecule has 110 valence electrons. The molecule has 0 aromatic heterocycles. The second-order valence-corrected chi connectivity index (χ2v) is 5.69. The molecule has 0 radical (unpaired) electrons. The molecule has 0 bridgehead atoms. The van der Waals surface area contributed by atoms with E-state index >= 15 is 0 Å². The molecule has 1 aromatic carbocycles. The quantitative estimate of drug-likeness (QED) is 0.920. The van der Waals surface area contributed by atoms with Crippen molar-refractivity contribution in [2.45, 2.75) is 45.2 Å². The fraction of sp³-hybridized carbons (Fsp3) is 0.562. The molecule has 1 heterocycles. The Morgan fingerprint density at radius 3 is 2.95 bits per heavy atom. The largest absolute Gasteiger partial charge is 0.334 e. The lowest BCUT2D eigenvalue weighted by atomic mass is 9.95. The molecule has 2 rings (SSSR count). The molecular weight excluding hydrogens is 255 g/mol. The first-order chi connectivity index (χ1) is 9.54. The third-order valence-electron chi connectivity index (χ3n) is 4.09. The monoisotopic (exact) mass is 278 g/mol. The molecule has 1 aliphatic rings. The first kappa shape index (κ1) is 15.0. The van der Waals surface area contributed by atoms with E-state index in [4.69, 9.17) is 5.73 Å². The highest BCUT2D eigenvalue weighted by molar-refractivity contribution is 5.82. The Balaban J connectivity index is 2.22. The van der Waals surface area contributed by atoms with Gasteiger partial charge in [0.15, 0.2) is 0 Å². The van der Waals surface area contributed by atoms with Gasteiger partial charge in [-0.3, -0.25) is 4.79 Å². The molecule has 20 heavy (non-hydrogen) atoms. The van der Waals surface area contributed by atoms with E-state index in [-0.39, 0.29) is 17.8 Å². The lowest BCUT2D eigenvalue weighted by molar-refractivity contribution is -0.134. The van der Waals surface area contributed by atoms with E-state index in [0.29, 0.717) is 18.9 Å². The first-order valence-electron chi connectivity index (χ1n) is 7.36.